The Kier molecular flexibility index (Phi) is 5.64. The lowest BCUT2D eigenvalue weighted by Crippen LogP contribution is -2.34. The molecule has 101 valence electrons. The summed E-state index contributed by atoms with van der Waals surface area (Å²) in [7, 11) is 0. The van der Waals surface area contributed by atoms with Gasteiger partial charge in [0, 0.05) is 0 Å². The second-order valence-corrected chi connectivity index (χ2v) is 6.16. The van der Waals surface area contributed by atoms with Crippen LogP contribution in [0, 0.1) is 23.7 Å². The quantitative estimate of drug-likeness (QED) is 0.698. The molecule has 3 atom stereocenters. The first-order chi connectivity index (χ1) is 8.08. The summed E-state index contributed by atoms with van der Waals surface area (Å²) in [5.41, 5.74) is 0. The smallest absolute Gasteiger partial charge is 0.589 e. The number of hydrogen-bond acceptors (Lipinski definition) is 4. The van der Waals surface area contributed by atoms with Gasteiger partial charge < -0.3 is 13.1 Å². The first-order valence-corrected chi connectivity index (χ1v) is 7.25. The minimum absolute atomic E-state index is 0. The Labute approximate surface area is 114 Å². The van der Waals surface area contributed by atoms with Crippen LogP contribution in [0.4, 0.5) is 0 Å². The average Bonchev–Trinajstić information content (AvgIpc) is 2.39. The Hall–Kier alpha value is -0.568. The van der Waals surface area contributed by atoms with Gasteiger partial charge in [0.1, 0.15) is 0 Å². The summed E-state index contributed by atoms with van der Waals surface area (Å²) in [4.78, 5) is 23.5. The van der Waals surface area contributed by atoms with Gasteiger partial charge in [0.15, 0.2) is 0 Å². The lowest BCUT2D eigenvalue weighted by molar-refractivity contribution is -0.148. The number of fused-ring (bicyclic) bond motifs is 1. The van der Waals surface area contributed by atoms with Crippen LogP contribution in [-0.2, 0) is 17.2 Å². The molecule has 0 aromatic heterocycles. The highest BCUT2D eigenvalue weighted by molar-refractivity contribution is 6.27. The van der Waals surface area contributed by atoms with E-state index in [9.17, 15) is 9.59 Å². The molecule has 1 radical (unpaired) electrons. The molecule has 1 saturated heterocycles. The number of carbonyl (C=O) groups is 2. The van der Waals surface area contributed by atoms with Gasteiger partial charge in [-0.25, -0.2) is 0 Å². The van der Waals surface area contributed by atoms with Gasteiger partial charge in [-0.1, -0.05) is 13.8 Å². The summed E-state index contributed by atoms with van der Waals surface area (Å²) < 4.78 is 9.96. The van der Waals surface area contributed by atoms with Crippen LogP contribution in [-0.4, -0.2) is 33.3 Å². The van der Waals surface area contributed by atoms with E-state index in [0.717, 1.165) is 25.7 Å². The van der Waals surface area contributed by atoms with E-state index in [1.807, 2.05) is 0 Å². The maximum atomic E-state index is 11.8. The molecule has 1 aliphatic heterocycles. The first-order valence-electron chi connectivity index (χ1n) is 6.30. The normalized spacial score (nSPS) is 31.4. The molecule has 1 aliphatic carbocycles. The van der Waals surface area contributed by atoms with Crippen molar-refractivity contribution < 1.29 is 22.6 Å². The van der Waals surface area contributed by atoms with Gasteiger partial charge >= 0.3 is 15.9 Å². The third-order valence-electron chi connectivity index (χ3n) is 3.70. The summed E-state index contributed by atoms with van der Waals surface area (Å²) in [6, 6.07) is 0. The molecule has 2 fully saturated rings. The van der Waals surface area contributed by atoms with Gasteiger partial charge in [0.05, 0.1) is 11.8 Å². The van der Waals surface area contributed by atoms with Crippen molar-refractivity contribution in [1.29, 1.82) is 0 Å². The fourth-order valence-electron chi connectivity index (χ4n) is 2.97. The zero-order valence-corrected chi connectivity index (χ0v) is 12.0. The van der Waals surface area contributed by atoms with Crippen molar-refractivity contribution in [2.24, 2.45) is 23.7 Å². The van der Waals surface area contributed by atoms with Crippen LogP contribution in [0.15, 0.2) is 0 Å². The van der Waals surface area contributed by atoms with Crippen LogP contribution in [0.25, 0.3) is 0 Å². The molecular formula is C12H20AlO5. The number of rotatable bonds is 2. The monoisotopic (exact) mass is 271 g/mol. The van der Waals surface area contributed by atoms with Crippen LogP contribution in [0.1, 0.15) is 39.5 Å². The third-order valence-corrected chi connectivity index (χ3v) is 4.35. The predicted octanol–water partition coefficient (Wildman–Crippen LogP) is 0.874. The molecule has 18 heavy (non-hydrogen) atoms. The molecule has 3 unspecified atom stereocenters. The van der Waals surface area contributed by atoms with Gasteiger partial charge in [0.25, 0.3) is 11.9 Å². The zero-order valence-electron chi connectivity index (χ0n) is 10.8. The fraction of sp³-hybridized carbons (Fsp3) is 0.833. The Bertz CT molecular complexity index is 318. The summed E-state index contributed by atoms with van der Waals surface area (Å²) in [6.07, 6.45) is 3.71. The lowest BCUT2D eigenvalue weighted by atomic mass is 9.72. The molecule has 0 aromatic rings. The second-order valence-electron chi connectivity index (χ2n) is 5.49. The van der Waals surface area contributed by atoms with E-state index in [-0.39, 0.29) is 29.3 Å². The molecule has 2 rings (SSSR count). The van der Waals surface area contributed by atoms with Crippen molar-refractivity contribution in [3.63, 3.8) is 0 Å². The second kappa shape index (κ2) is 6.56. The third kappa shape index (κ3) is 3.47. The van der Waals surface area contributed by atoms with Crippen molar-refractivity contribution in [3.05, 3.63) is 0 Å². The van der Waals surface area contributed by atoms with E-state index in [1.165, 1.54) is 0 Å². The van der Waals surface area contributed by atoms with Crippen LogP contribution in [0.5, 0.6) is 0 Å². The summed E-state index contributed by atoms with van der Waals surface area (Å²) >= 11 is -0.932. The molecule has 2 N–H and O–H groups in total. The van der Waals surface area contributed by atoms with Crippen LogP contribution in [0.2, 0.25) is 0 Å². The largest absolute Gasteiger partial charge is 0.885 e. The Morgan fingerprint density at radius 3 is 2.39 bits per heavy atom. The van der Waals surface area contributed by atoms with E-state index in [0.29, 0.717) is 11.8 Å². The molecule has 0 bridgehead atoms. The minimum atomic E-state index is -0.932. The zero-order chi connectivity index (χ0) is 12.4. The average molecular weight is 271 g/mol. The van der Waals surface area contributed by atoms with Crippen LogP contribution < -0.4 is 0 Å². The van der Waals surface area contributed by atoms with Crippen molar-refractivity contribution in [2.45, 2.75) is 39.5 Å². The van der Waals surface area contributed by atoms with Crippen molar-refractivity contribution in [2.75, 3.05) is 0 Å². The number of hydrogen-bond donors (Lipinski definition) is 0. The summed E-state index contributed by atoms with van der Waals surface area (Å²) in [6.45, 7) is 4.38. The van der Waals surface area contributed by atoms with Crippen LogP contribution >= 0.6 is 0 Å². The van der Waals surface area contributed by atoms with Crippen LogP contribution in [0.3, 0.4) is 0 Å². The van der Waals surface area contributed by atoms with Crippen molar-refractivity contribution in [3.8, 4) is 0 Å². The lowest BCUT2D eigenvalue weighted by Gasteiger charge is -2.32. The van der Waals surface area contributed by atoms with E-state index < -0.39 is 15.9 Å². The topological polar surface area (TPSA) is 84.1 Å². The molecule has 0 amide bonds. The summed E-state index contributed by atoms with van der Waals surface area (Å²) in [5, 5.41) is 0. The highest BCUT2D eigenvalue weighted by Crippen LogP contribution is 2.39. The van der Waals surface area contributed by atoms with Gasteiger partial charge in [-0.15, -0.1) is 0 Å². The Morgan fingerprint density at radius 1 is 1.17 bits per heavy atom. The van der Waals surface area contributed by atoms with Gasteiger partial charge in [-0.05, 0) is 37.5 Å². The van der Waals surface area contributed by atoms with Crippen molar-refractivity contribution in [1.82, 2.24) is 0 Å². The van der Waals surface area contributed by atoms with E-state index >= 15 is 0 Å². The van der Waals surface area contributed by atoms with Gasteiger partial charge in [-0.2, -0.15) is 0 Å². The molecule has 1 heterocycles. The molecule has 6 heteroatoms. The Balaban J connectivity index is 0.00000162. The highest BCUT2D eigenvalue weighted by atomic mass is 27.2. The first kappa shape index (κ1) is 15.5. The predicted molar refractivity (Wildman–Crippen MR) is 65.3 cm³/mol. The maximum Gasteiger partial charge on any atom is 0.885 e. The molecule has 1 saturated carbocycles. The van der Waals surface area contributed by atoms with Crippen molar-refractivity contribution >= 4 is 27.8 Å². The molecule has 0 spiro atoms. The fourth-order valence-corrected chi connectivity index (χ4v) is 3.56. The van der Waals surface area contributed by atoms with Gasteiger partial charge in [-0.3, -0.25) is 9.59 Å². The molecular weight excluding hydrogens is 251 g/mol. The van der Waals surface area contributed by atoms with Gasteiger partial charge in [0.2, 0.25) is 0 Å². The highest BCUT2D eigenvalue weighted by Gasteiger charge is 2.43. The Morgan fingerprint density at radius 2 is 1.78 bits per heavy atom. The van der Waals surface area contributed by atoms with E-state index in [2.05, 4.69) is 13.8 Å². The minimum Gasteiger partial charge on any atom is -0.589 e. The SMILES string of the molecule is CC(C)CC1CCC2C(=O)[O][Al][O]C(=O)C2C1.O. The standard InChI is InChI=1S/C12H20O4.Al.H2O/c1-7(2)5-8-3-4-9(11(13)14)10(6-8)12(15)16;;/h7-10H,3-6H2,1-2H3,(H,13,14)(H,15,16);;1H2/q;+2;/p-2. The van der Waals surface area contributed by atoms with E-state index in [1.54, 1.807) is 0 Å². The molecule has 0 aromatic carbocycles. The molecule has 2 aliphatic rings. The molecule has 5 nitrogen and oxygen atoms in total. The number of carbonyl (C=O) groups excluding carboxylic acids is 2. The van der Waals surface area contributed by atoms with E-state index in [4.69, 9.17) is 7.58 Å². The summed E-state index contributed by atoms with van der Waals surface area (Å²) in [5.74, 6) is 0.236. The maximum absolute atomic E-state index is 11.8.